The van der Waals surface area contributed by atoms with E-state index < -0.39 is 11.9 Å². The standard InChI is InChI=1S/2C5H10O4.Bi/c2*1-8-2-3-9-4-5(6)7;/h2*2-4H2,1H3,(H,6,7);/q;;+2/p-2. The van der Waals surface area contributed by atoms with E-state index in [1.165, 1.54) is 14.2 Å². The molecule has 0 aliphatic rings. The molecule has 0 aromatic heterocycles. The molecule has 0 aliphatic carbocycles. The van der Waals surface area contributed by atoms with Crippen molar-refractivity contribution in [2.45, 2.75) is 0 Å². The molecule has 0 aliphatic heterocycles. The van der Waals surface area contributed by atoms with E-state index in [0.29, 0.717) is 26.4 Å². The van der Waals surface area contributed by atoms with Crippen LogP contribution < -0.4 is 10.2 Å². The normalized spacial score (nSPS) is 8.95. The van der Waals surface area contributed by atoms with Gasteiger partial charge < -0.3 is 38.7 Å². The van der Waals surface area contributed by atoms with Crippen LogP contribution in [0.3, 0.4) is 0 Å². The van der Waals surface area contributed by atoms with Crippen molar-refractivity contribution < 1.29 is 38.7 Å². The van der Waals surface area contributed by atoms with Gasteiger partial charge >= 0.3 is 26.2 Å². The molecule has 0 spiro atoms. The second kappa shape index (κ2) is 20.0. The van der Waals surface area contributed by atoms with Gasteiger partial charge in [-0.1, -0.05) is 0 Å². The smallest absolute Gasteiger partial charge is 0.548 e. The topological polar surface area (TPSA) is 117 Å². The molecule has 8 nitrogen and oxygen atoms in total. The van der Waals surface area contributed by atoms with E-state index in [4.69, 9.17) is 0 Å². The molecular formula is C10H18BiO8. The maximum absolute atomic E-state index is 9.69. The predicted molar refractivity (Wildman–Crippen MR) is 61.2 cm³/mol. The predicted octanol–water partition coefficient (Wildman–Crippen LogP) is -3.58. The van der Waals surface area contributed by atoms with Crippen molar-refractivity contribution in [3.63, 3.8) is 0 Å². The summed E-state index contributed by atoms with van der Waals surface area (Å²) < 4.78 is 18.3. The number of rotatable bonds is 10. The van der Waals surface area contributed by atoms with E-state index in [9.17, 15) is 19.8 Å². The van der Waals surface area contributed by atoms with E-state index in [1.807, 2.05) is 0 Å². The van der Waals surface area contributed by atoms with Crippen LogP contribution in [0.15, 0.2) is 0 Å². The van der Waals surface area contributed by atoms with Crippen LogP contribution in [-0.2, 0) is 28.5 Å². The molecule has 0 unspecified atom stereocenters. The number of hydrogen-bond acceptors (Lipinski definition) is 8. The summed E-state index contributed by atoms with van der Waals surface area (Å²) >= 11 is 0. The van der Waals surface area contributed by atoms with E-state index in [0.717, 1.165) is 0 Å². The van der Waals surface area contributed by atoms with Gasteiger partial charge in [0.05, 0.1) is 51.6 Å². The average molecular weight is 475 g/mol. The van der Waals surface area contributed by atoms with Gasteiger partial charge in [-0.3, -0.25) is 0 Å². The van der Waals surface area contributed by atoms with Gasteiger partial charge in [0, 0.05) is 14.2 Å². The van der Waals surface area contributed by atoms with Crippen LogP contribution >= 0.6 is 0 Å². The zero-order valence-corrected chi connectivity index (χ0v) is 14.4. The Morgan fingerprint density at radius 2 is 1.11 bits per heavy atom. The van der Waals surface area contributed by atoms with Crippen LogP contribution in [0.1, 0.15) is 0 Å². The summed E-state index contributed by atoms with van der Waals surface area (Å²) in [5, 5.41) is 19.4. The van der Waals surface area contributed by atoms with Crippen LogP contribution in [0.2, 0.25) is 0 Å². The Morgan fingerprint density at radius 3 is 1.32 bits per heavy atom. The van der Waals surface area contributed by atoms with E-state index in [2.05, 4.69) is 18.9 Å². The van der Waals surface area contributed by atoms with Crippen LogP contribution in [0.4, 0.5) is 0 Å². The summed E-state index contributed by atoms with van der Waals surface area (Å²) in [7, 11) is 3.03. The minimum Gasteiger partial charge on any atom is -0.548 e. The Kier molecular flexibility index (Phi) is 25.0. The van der Waals surface area contributed by atoms with Crippen LogP contribution in [0.5, 0.6) is 0 Å². The molecule has 0 aromatic rings. The Bertz CT molecular complexity index is 190. The molecule has 0 saturated heterocycles. The van der Waals surface area contributed by atoms with Gasteiger partial charge in [0.25, 0.3) is 0 Å². The van der Waals surface area contributed by atoms with Gasteiger partial charge in [-0.15, -0.1) is 0 Å². The monoisotopic (exact) mass is 475 g/mol. The van der Waals surface area contributed by atoms with E-state index in [1.54, 1.807) is 0 Å². The first-order valence-electron chi connectivity index (χ1n) is 5.07. The number of ether oxygens (including phenoxy) is 4. The number of methoxy groups -OCH3 is 2. The minimum atomic E-state index is -1.20. The largest absolute Gasteiger partial charge is 2.00 e. The first-order valence-corrected chi connectivity index (χ1v) is 5.07. The van der Waals surface area contributed by atoms with E-state index in [-0.39, 0.29) is 39.4 Å². The first kappa shape index (κ1) is 23.7. The average Bonchev–Trinajstić information content (AvgIpc) is 2.31. The summed E-state index contributed by atoms with van der Waals surface area (Å²) in [6.07, 6.45) is 0. The second-order valence-electron chi connectivity index (χ2n) is 2.83. The number of carboxylic acid groups (broad SMARTS) is 2. The molecule has 3 radical (unpaired) electrons. The molecule has 0 heterocycles. The quantitative estimate of drug-likeness (QED) is 0.235. The molecule has 0 aromatic carbocycles. The zero-order valence-electron chi connectivity index (χ0n) is 11.0. The van der Waals surface area contributed by atoms with Crippen LogP contribution in [0.25, 0.3) is 0 Å². The molecule has 9 heteroatoms. The van der Waals surface area contributed by atoms with Gasteiger partial charge in [0.2, 0.25) is 0 Å². The molecule has 19 heavy (non-hydrogen) atoms. The van der Waals surface area contributed by atoms with Gasteiger partial charge in [-0.2, -0.15) is 0 Å². The number of carbonyl (C=O) groups is 2. The van der Waals surface area contributed by atoms with Crippen LogP contribution in [-0.4, -0.2) is 92.0 Å². The fraction of sp³-hybridized carbons (Fsp3) is 0.800. The second-order valence-corrected chi connectivity index (χ2v) is 2.83. The fourth-order valence-corrected chi connectivity index (χ4v) is 0.596. The Labute approximate surface area is 131 Å². The van der Waals surface area contributed by atoms with Crippen molar-refractivity contribution >= 4 is 38.1 Å². The van der Waals surface area contributed by atoms with Gasteiger partial charge in [-0.25, -0.2) is 0 Å². The summed E-state index contributed by atoms with van der Waals surface area (Å²) in [5.41, 5.74) is 0. The van der Waals surface area contributed by atoms with Gasteiger partial charge in [0.1, 0.15) is 0 Å². The maximum Gasteiger partial charge on any atom is 2.00 e. The molecule has 0 bridgehead atoms. The SMILES string of the molecule is COCCOCC(=O)[O-].COCCOCC(=O)[O-].[Bi+2]. The third kappa shape index (κ3) is 31.9. The summed E-state index contributed by atoms with van der Waals surface area (Å²) in [6.45, 7) is 0.697. The number of carboxylic acids is 2. The molecule has 0 saturated carbocycles. The fourth-order valence-electron chi connectivity index (χ4n) is 0.596. The van der Waals surface area contributed by atoms with Crippen molar-refractivity contribution in [2.75, 3.05) is 53.9 Å². The van der Waals surface area contributed by atoms with Crippen molar-refractivity contribution in [1.29, 1.82) is 0 Å². The molecule has 111 valence electrons. The van der Waals surface area contributed by atoms with Crippen molar-refractivity contribution in [1.82, 2.24) is 0 Å². The van der Waals surface area contributed by atoms with Crippen molar-refractivity contribution in [3.8, 4) is 0 Å². The third-order valence-corrected chi connectivity index (χ3v) is 1.30. The summed E-state index contributed by atoms with van der Waals surface area (Å²) in [4.78, 5) is 19.4. The molecular weight excluding hydrogens is 457 g/mol. The first-order chi connectivity index (χ1) is 8.54. The molecule has 0 N–H and O–H groups in total. The van der Waals surface area contributed by atoms with Gasteiger partial charge in [-0.05, 0) is 0 Å². The molecule has 0 fully saturated rings. The third-order valence-electron chi connectivity index (χ3n) is 1.30. The Balaban J connectivity index is -0.000000256. The molecule has 0 amide bonds. The Hall–Kier alpha value is -0.337. The molecule has 0 atom stereocenters. The minimum absolute atomic E-state index is 0. The Morgan fingerprint density at radius 1 is 0.789 bits per heavy atom. The number of hydrogen-bond donors (Lipinski definition) is 0. The maximum atomic E-state index is 9.69. The van der Waals surface area contributed by atoms with Crippen LogP contribution in [0, 0.1) is 0 Å². The summed E-state index contributed by atoms with van der Waals surface area (Å²) in [6, 6.07) is 0. The zero-order chi connectivity index (χ0) is 14.2. The van der Waals surface area contributed by atoms with E-state index >= 15 is 0 Å². The van der Waals surface area contributed by atoms with Crippen molar-refractivity contribution in [2.24, 2.45) is 0 Å². The van der Waals surface area contributed by atoms with Gasteiger partial charge in [0.15, 0.2) is 0 Å². The number of carbonyl (C=O) groups excluding carboxylic acids is 2. The number of aliphatic carboxylic acids is 2. The molecule has 0 rings (SSSR count). The van der Waals surface area contributed by atoms with Crippen molar-refractivity contribution in [3.05, 3.63) is 0 Å². The summed E-state index contributed by atoms with van der Waals surface area (Å²) in [5.74, 6) is -2.41.